The van der Waals surface area contributed by atoms with Crippen LogP contribution in [0.3, 0.4) is 0 Å². The van der Waals surface area contributed by atoms with Crippen molar-refractivity contribution in [2.24, 2.45) is 5.92 Å². The average Bonchev–Trinajstić information content (AvgIpc) is 3.00. The molecule has 22 heavy (non-hydrogen) atoms. The maximum absolute atomic E-state index is 12.2. The van der Waals surface area contributed by atoms with Crippen molar-refractivity contribution in [2.45, 2.75) is 44.6 Å². The molecule has 1 aliphatic rings. The number of hydrogen-bond donors (Lipinski definition) is 1. The summed E-state index contributed by atoms with van der Waals surface area (Å²) >= 11 is 6.13. The minimum Gasteiger partial charge on any atom is -0.467 e. The van der Waals surface area contributed by atoms with E-state index in [0.717, 1.165) is 18.4 Å². The molecule has 1 saturated carbocycles. The first-order chi connectivity index (χ1) is 10.6. The molecular formula is C17H22ClNO3. The fourth-order valence-electron chi connectivity index (χ4n) is 2.95. The van der Waals surface area contributed by atoms with Crippen LogP contribution in [0, 0.1) is 5.92 Å². The number of carbonyl (C=O) groups excluding carboxylic acids is 2. The second kappa shape index (κ2) is 8.18. The van der Waals surface area contributed by atoms with Crippen molar-refractivity contribution in [2.75, 3.05) is 7.11 Å². The molecule has 0 radical (unpaired) electrons. The fourth-order valence-corrected chi connectivity index (χ4v) is 3.16. The lowest BCUT2D eigenvalue weighted by Gasteiger charge is -2.18. The Kier molecular flexibility index (Phi) is 6.25. The number of ether oxygens (including phenoxy) is 1. The second-order valence-electron chi connectivity index (χ2n) is 5.79. The van der Waals surface area contributed by atoms with Gasteiger partial charge in [0.25, 0.3) is 0 Å². The predicted molar refractivity (Wildman–Crippen MR) is 85.7 cm³/mol. The number of carbonyl (C=O) groups is 2. The Labute approximate surface area is 136 Å². The van der Waals surface area contributed by atoms with Gasteiger partial charge in [0, 0.05) is 17.9 Å². The summed E-state index contributed by atoms with van der Waals surface area (Å²) in [7, 11) is 1.32. The Morgan fingerprint density at radius 1 is 1.32 bits per heavy atom. The SMILES string of the molecule is COC(=O)[C@H](Cc1ccccc1Cl)NC(=O)CC1CCCC1. The predicted octanol–water partition coefficient (Wildman–Crippen LogP) is 3.12. The molecule has 1 atom stereocenters. The molecule has 1 fully saturated rings. The first kappa shape index (κ1) is 16.8. The van der Waals surface area contributed by atoms with E-state index in [2.05, 4.69) is 5.32 Å². The molecule has 0 aliphatic heterocycles. The number of esters is 1. The van der Waals surface area contributed by atoms with E-state index in [0.29, 0.717) is 23.8 Å². The van der Waals surface area contributed by atoms with Gasteiger partial charge in [-0.05, 0) is 30.4 Å². The molecule has 0 aromatic heterocycles. The number of rotatable bonds is 6. The lowest BCUT2D eigenvalue weighted by molar-refractivity contribution is -0.145. The molecule has 4 nitrogen and oxygen atoms in total. The average molecular weight is 324 g/mol. The Morgan fingerprint density at radius 2 is 2.00 bits per heavy atom. The summed E-state index contributed by atoms with van der Waals surface area (Å²) in [5.41, 5.74) is 0.820. The number of nitrogens with one attached hydrogen (secondary N) is 1. The van der Waals surface area contributed by atoms with Crippen LogP contribution in [0.25, 0.3) is 0 Å². The van der Waals surface area contributed by atoms with Crippen molar-refractivity contribution in [1.29, 1.82) is 0 Å². The summed E-state index contributed by atoms with van der Waals surface area (Å²) in [6, 6.07) is 6.61. The number of halogens is 1. The van der Waals surface area contributed by atoms with E-state index < -0.39 is 12.0 Å². The standard InChI is InChI=1S/C17H22ClNO3/c1-22-17(21)15(11-13-8-4-5-9-14(13)18)19-16(20)10-12-6-2-3-7-12/h4-5,8-9,12,15H,2-3,6-7,10-11H2,1H3,(H,19,20)/t15-/m0/s1. The third-order valence-electron chi connectivity index (χ3n) is 4.15. The molecule has 1 amide bonds. The number of benzene rings is 1. The van der Waals surface area contributed by atoms with E-state index in [9.17, 15) is 9.59 Å². The van der Waals surface area contributed by atoms with Crippen LogP contribution in [-0.4, -0.2) is 25.0 Å². The zero-order valence-electron chi connectivity index (χ0n) is 12.8. The van der Waals surface area contributed by atoms with Crippen molar-refractivity contribution in [1.82, 2.24) is 5.32 Å². The molecule has 0 spiro atoms. The molecule has 1 N–H and O–H groups in total. The van der Waals surface area contributed by atoms with Gasteiger partial charge in [-0.2, -0.15) is 0 Å². The van der Waals surface area contributed by atoms with E-state index in [1.54, 1.807) is 6.07 Å². The van der Waals surface area contributed by atoms with Crippen molar-refractivity contribution in [3.05, 3.63) is 34.9 Å². The largest absolute Gasteiger partial charge is 0.467 e. The molecule has 2 rings (SSSR count). The Balaban J connectivity index is 1.98. The van der Waals surface area contributed by atoms with Gasteiger partial charge >= 0.3 is 5.97 Å². The van der Waals surface area contributed by atoms with Gasteiger partial charge in [-0.25, -0.2) is 4.79 Å². The van der Waals surface area contributed by atoms with Crippen molar-refractivity contribution >= 4 is 23.5 Å². The number of hydrogen-bond acceptors (Lipinski definition) is 3. The number of methoxy groups -OCH3 is 1. The molecular weight excluding hydrogens is 302 g/mol. The summed E-state index contributed by atoms with van der Waals surface area (Å²) in [5.74, 6) is -0.0901. The van der Waals surface area contributed by atoms with Gasteiger partial charge in [0.15, 0.2) is 0 Å². The van der Waals surface area contributed by atoms with Gasteiger partial charge in [0.1, 0.15) is 6.04 Å². The molecule has 0 saturated heterocycles. The summed E-state index contributed by atoms with van der Waals surface area (Å²) < 4.78 is 4.80. The van der Waals surface area contributed by atoms with Crippen LogP contribution < -0.4 is 5.32 Å². The second-order valence-corrected chi connectivity index (χ2v) is 6.20. The Bertz CT molecular complexity index is 526. The van der Waals surface area contributed by atoms with Crippen molar-refractivity contribution < 1.29 is 14.3 Å². The third-order valence-corrected chi connectivity index (χ3v) is 4.52. The normalized spacial score (nSPS) is 16.3. The van der Waals surface area contributed by atoms with Gasteiger partial charge < -0.3 is 10.1 Å². The van der Waals surface area contributed by atoms with Crippen LogP contribution in [0.4, 0.5) is 0 Å². The quantitative estimate of drug-likeness (QED) is 0.818. The Morgan fingerprint density at radius 3 is 2.64 bits per heavy atom. The van der Waals surface area contributed by atoms with E-state index >= 15 is 0 Å². The highest BCUT2D eigenvalue weighted by molar-refractivity contribution is 6.31. The topological polar surface area (TPSA) is 55.4 Å². The molecule has 1 aliphatic carbocycles. The maximum Gasteiger partial charge on any atom is 0.328 e. The van der Waals surface area contributed by atoms with Crippen LogP contribution >= 0.6 is 11.6 Å². The molecule has 120 valence electrons. The highest BCUT2D eigenvalue weighted by Crippen LogP contribution is 2.27. The molecule has 0 heterocycles. The van der Waals surface area contributed by atoms with Gasteiger partial charge in [-0.1, -0.05) is 42.6 Å². The summed E-state index contributed by atoms with van der Waals surface area (Å²) in [6.07, 6.45) is 5.40. The molecule has 1 aromatic carbocycles. The highest BCUT2D eigenvalue weighted by Gasteiger charge is 2.25. The van der Waals surface area contributed by atoms with E-state index in [1.807, 2.05) is 18.2 Å². The van der Waals surface area contributed by atoms with E-state index in [-0.39, 0.29) is 5.91 Å². The van der Waals surface area contributed by atoms with E-state index in [4.69, 9.17) is 16.3 Å². The highest BCUT2D eigenvalue weighted by atomic mass is 35.5. The van der Waals surface area contributed by atoms with Gasteiger partial charge in [0.05, 0.1) is 7.11 Å². The first-order valence-electron chi connectivity index (χ1n) is 7.70. The van der Waals surface area contributed by atoms with Crippen LogP contribution in [0.1, 0.15) is 37.7 Å². The lowest BCUT2D eigenvalue weighted by Crippen LogP contribution is -2.43. The van der Waals surface area contributed by atoms with Gasteiger partial charge in [-0.15, -0.1) is 0 Å². The van der Waals surface area contributed by atoms with Crippen LogP contribution in [0.5, 0.6) is 0 Å². The smallest absolute Gasteiger partial charge is 0.328 e. The maximum atomic E-state index is 12.2. The van der Waals surface area contributed by atoms with Gasteiger partial charge in [0.2, 0.25) is 5.91 Å². The minimum absolute atomic E-state index is 0.0886. The van der Waals surface area contributed by atoms with Crippen LogP contribution in [-0.2, 0) is 20.7 Å². The summed E-state index contributed by atoms with van der Waals surface area (Å²) in [5, 5.41) is 3.38. The van der Waals surface area contributed by atoms with E-state index in [1.165, 1.54) is 20.0 Å². The number of amides is 1. The summed E-state index contributed by atoms with van der Waals surface area (Å²) in [6.45, 7) is 0. The molecule has 1 aromatic rings. The summed E-state index contributed by atoms with van der Waals surface area (Å²) in [4.78, 5) is 24.1. The zero-order chi connectivity index (χ0) is 15.9. The molecule has 0 bridgehead atoms. The molecule has 5 heteroatoms. The van der Waals surface area contributed by atoms with Crippen LogP contribution in [0.2, 0.25) is 5.02 Å². The molecule has 0 unspecified atom stereocenters. The fraction of sp³-hybridized carbons (Fsp3) is 0.529. The van der Waals surface area contributed by atoms with Crippen molar-refractivity contribution in [3.63, 3.8) is 0 Å². The monoisotopic (exact) mass is 323 g/mol. The van der Waals surface area contributed by atoms with Crippen LogP contribution in [0.15, 0.2) is 24.3 Å². The minimum atomic E-state index is -0.696. The zero-order valence-corrected chi connectivity index (χ0v) is 13.6. The van der Waals surface area contributed by atoms with Crippen molar-refractivity contribution in [3.8, 4) is 0 Å². The first-order valence-corrected chi connectivity index (χ1v) is 8.08. The third kappa shape index (κ3) is 4.73. The van der Waals surface area contributed by atoms with Gasteiger partial charge in [-0.3, -0.25) is 4.79 Å². The lowest BCUT2D eigenvalue weighted by atomic mass is 10.0. The Hall–Kier alpha value is -1.55.